The van der Waals surface area contributed by atoms with Crippen LogP contribution in [0.15, 0.2) is 66.5 Å². The van der Waals surface area contributed by atoms with Gasteiger partial charge in [0, 0.05) is 0 Å². The van der Waals surface area contributed by atoms with Crippen molar-refractivity contribution in [1.29, 1.82) is 0 Å². The van der Waals surface area contributed by atoms with Crippen molar-refractivity contribution >= 4 is 138 Å². The molecule has 0 saturated heterocycles. The summed E-state index contributed by atoms with van der Waals surface area (Å²) in [5.41, 5.74) is 1.18. The Bertz CT molecular complexity index is 1310. The van der Waals surface area contributed by atoms with Crippen LogP contribution in [0.25, 0.3) is 0 Å². The number of carbonyl (C=O) groups is 4. The molecular weight excluding hydrogens is 846 g/mol. The molecule has 0 spiro atoms. The van der Waals surface area contributed by atoms with Crippen LogP contribution in [0, 0.1) is 0 Å². The summed E-state index contributed by atoms with van der Waals surface area (Å²) in [6.45, 7) is 2.13. The van der Waals surface area contributed by atoms with E-state index in [1.54, 1.807) is 12.1 Å². The van der Waals surface area contributed by atoms with Crippen LogP contribution in [0.1, 0.15) is 6.92 Å². The van der Waals surface area contributed by atoms with Gasteiger partial charge in [-0.2, -0.15) is 0 Å². The summed E-state index contributed by atoms with van der Waals surface area (Å²) in [5.74, 6) is -1.40. The number of hydrogen-bond donors (Lipinski definition) is 0. The summed E-state index contributed by atoms with van der Waals surface area (Å²) in [6.07, 6.45) is 5.13. The topological polar surface area (TPSA) is 74.8 Å². The van der Waals surface area contributed by atoms with Crippen LogP contribution in [-0.2, 0) is 19.2 Å². The average Bonchev–Trinajstić information content (AvgIpc) is 3.31. The number of amides is 4. The van der Waals surface area contributed by atoms with E-state index in [4.69, 9.17) is 0 Å². The van der Waals surface area contributed by atoms with Crippen LogP contribution in [-0.4, -0.2) is 53.5 Å². The Morgan fingerprint density at radius 1 is 0.657 bits per heavy atom. The van der Waals surface area contributed by atoms with Gasteiger partial charge in [-0.05, 0) is 0 Å². The summed E-state index contributed by atoms with van der Waals surface area (Å²) >= 11 is 13.9. The number of nitrogens with zero attached hydrogens (tertiary/aromatic N) is 2. The summed E-state index contributed by atoms with van der Waals surface area (Å²) in [6, 6.07) is 7.49. The first kappa shape index (κ1) is 27.2. The van der Waals surface area contributed by atoms with Crippen molar-refractivity contribution in [2.75, 3.05) is 9.80 Å². The molecule has 6 nitrogen and oxygen atoms in total. The Hall–Kier alpha value is -0.841. The van der Waals surface area contributed by atoms with E-state index in [9.17, 15) is 19.2 Å². The van der Waals surface area contributed by atoms with Crippen molar-refractivity contribution in [3.05, 3.63) is 66.5 Å². The Balaban J connectivity index is 1.57. The quantitative estimate of drug-likeness (QED) is 0.310. The van der Waals surface area contributed by atoms with Gasteiger partial charge in [0.05, 0.1) is 0 Å². The molecule has 0 fully saturated rings. The van der Waals surface area contributed by atoms with E-state index < -0.39 is 0 Å². The molecule has 0 N–H and O–H groups in total. The zero-order chi connectivity index (χ0) is 25.4. The second kappa shape index (κ2) is 11.3. The fraction of sp³-hybridized carbons (Fsp3) is 0.130. The van der Waals surface area contributed by atoms with Crippen LogP contribution in [0.3, 0.4) is 0 Å². The van der Waals surface area contributed by atoms with Gasteiger partial charge in [0.2, 0.25) is 0 Å². The maximum atomic E-state index is 12.3. The Labute approximate surface area is 247 Å². The predicted molar refractivity (Wildman–Crippen MR) is 152 cm³/mol. The summed E-state index contributed by atoms with van der Waals surface area (Å²) in [4.78, 5) is 52.0. The average molecular weight is 860 g/mol. The minimum absolute atomic E-state index is 0.0452. The fourth-order valence-corrected chi connectivity index (χ4v) is 10.8. The number of anilines is 2. The molecule has 0 radical (unpaired) electrons. The van der Waals surface area contributed by atoms with E-state index in [0.29, 0.717) is 11.4 Å². The summed E-state index contributed by atoms with van der Waals surface area (Å²) < 4.78 is 5.09. The van der Waals surface area contributed by atoms with Gasteiger partial charge in [-0.1, -0.05) is 0 Å². The number of hydrogen-bond acceptors (Lipinski definition) is 4. The van der Waals surface area contributed by atoms with Crippen molar-refractivity contribution < 1.29 is 19.2 Å². The Morgan fingerprint density at radius 3 is 1.49 bits per heavy atom. The molecule has 2 aliphatic heterocycles. The maximum absolute atomic E-state index is 12.3. The standard InChI is InChI=1S/C23H14Br4N2O4Se2/c1-11(35-19-9-15(27)13(25)7-17(19)29-22(32)4-5-23(29)33)10-34-18-8-14(26)12(24)6-16(18)28-20(30)2-3-21(28)31/h2-9,11H,10H2,1H3. The number of benzene rings is 2. The summed E-state index contributed by atoms with van der Waals surface area (Å²) in [5, 5.41) is 0.838. The molecule has 2 heterocycles. The van der Waals surface area contributed by atoms with Gasteiger partial charge in [0.1, 0.15) is 0 Å². The number of imide groups is 2. The molecule has 1 atom stereocenters. The molecule has 0 aliphatic carbocycles. The Morgan fingerprint density at radius 2 is 1.03 bits per heavy atom. The SMILES string of the molecule is CC(C[Se]c1cc(Br)c(Br)cc1N1C(=O)C=CC1=O)[Se]c1cc(Br)c(Br)cc1N1C(=O)C=CC1=O. The molecule has 180 valence electrons. The van der Waals surface area contributed by atoms with E-state index in [1.165, 1.54) is 34.1 Å². The second-order valence-electron chi connectivity index (χ2n) is 7.40. The molecular formula is C23H14Br4N2O4Se2. The van der Waals surface area contributed by atoms with Crippen LogP contribution in [0.4, 0.5) is 11.4 Å². The molecule has 2 aromatic rings. The predicted octanol–water partition coefficient (Wildman–Crippen LogP) is 4.18. The molecule has 2 aliphatic rings. The van der Waals surface area contributed by atoms with Gasteiger partial charge in [-0.25, -0.2) is 0 Å². The van der Waals surface area contributed by atoms with E-state index >= 15 is 0 Å². The van der Waals surface area contributed by atoms with Gasteiger partial charge >= 0.3 is 250 Å². The van der Waals surface area contributed by atoms with Crippen molar-refractivity contribution in [3.63, 3.8) is 0 Å². The van der Waals surface area contributed by atoms with Crippen molar-refractivity contribution in [2.24, 2.45) is 0 Å². The van der Waals surface area contributed by atoms with E-state index in [2.05, 4.69) is 70.6 Å². The minimum atomic E-state index is -0.351. The first-order valence-electron chi connectivity index (χ1n) is 9.96. The fourth-order valence-electron chi connectivity index (χ4n) is 3.33. The van der Waals surface area contributed by atoms with E-state index in [-0.39, 0.29) is 58.4 Å². The molecule has 0 bridgehead atoms. The third-order valence-electron chi connectivity index (χ3n) is 4.91. The third kappa shape index (κ3) is 5.85. The van der Waals surface area contributed by atoms with E-state index in [1.807, 2.05) is 12.1 Å². The van der Waals surface area contributed by atoms with Gasteiger partial charge in [0.25, 0.3) is 0 Å². The van der Waals surface area contributed by atoms with E-state index in [0.717, 1.165) is 32.1 Å². The van der Waals surface area contributed by atoms with Gasteiger partial charge < -0.3 is 0 Å². The van der Waals surface area contributed by atoms with Gasteiger partial charge in [-0.3, -0.25) is 0 Å². The van der Waals surface area contributed by atoms with Gasteiger partial charge in [0.15, 0.2) is 0 Å². The molecule has 12 heteroatoms. The van der Waals surface area contributed by atoms with Crippen molar-refractivity contribution in [1.82, 2.24) is 0 Å². The van der Waals surface area contributed by atoms with Crippen LogP contribution < -0.4 is 18.7 Å². The molecule has 2 aromatic carbocycles. The number of halogens is 4. The zero-order valence-corrected chi connectivity index (χ0v) is 27.5. The van der Waals surface area contributed by atoms with Crippen LogP contribution >= 0.6 is 63.7 Å². The molecule has 4 rings (SSSR count). The van der Waals surface area contributed by atoms with Crippen molar-refractivity contribution in [2.45, 2.75) is 17.1 Å². The Kier molecular flexibility index (Phi) is 8.76. The molecule has 35 heavy (non-hydrogen) atoms. The van der Waals surface area contributed by atoms with Crippen LogP contribution in [0.5, 0.6) is 0 Å². The molecule has 4 amide bonds. The molecule has 0 saturated carbocycles. The first-order chi connectivity index (χ1) is 16.6. The van der Waals surface area contributed by atoms with Crippen LogP contribution in [0.2, 0.25) is 10.1 Å². The number of rotatable bonds is 7. The van der Waals surface area contributed by atoms with Crippen molar-refractivity contribution in [3.8, 4) is 0 Å². The second-order valence-corrected chi connectivity index (χ2v) is 16.1. The first-order valence-corrected chi connectivity index (χ1v) is 17.0. The summed E-state index contributed by atoms with van der Waals surface area (Å²) in [7, 11) is 0. The zero-order valence-electron chi connectivity index (χ0n) is 17.8. The molecule has 0 aromatic heterocycles. The monoisotopic (exact) mass is 858 g/mol. The third-order valence-corrected chi connectivity index (χ3v) is 14.8. The number of carbonyl (C=O) groups excluding carboxylic acids is 4. The molecule has 1 unspecified atom stereocenters. The normalized spacial score (nSPS) is 16.3. The van der Waals surface area contributed by atoms with Gasteiger partial charge in [-0.15, -0.1) is 0 Å².